The molecule has 2 amide bonds. The highest BCUT2D eigenvalue weighted by molar-refractivity contribution is 7.09. The molecule has 2 atom stereocenters. The van der Waals surface area contributed by atoms with E-state index in [1.54, 1.807) is 5.38 Å². The number of alkyl carbamates (subject to hydrolysis) is 1. The minimum atomic E-state index is -0.822. The SMILES string of the molecule is O=C(NCc1nc(C(=O)NC2CCC(C(=O)O)C2)cs1)OCC1c2ccccc2-c2ccccc21. The third-order valence-electron chi connectivity index (χ3n) is 6.63. The summed E-state index contributed by atoms with van der Waals surface area (Å²) in [5.74, 6) is -1.57. The maximum atomic E-state index is 12.5. The predicted octanol–water partition coefficient (Wildman–Crippen LogP) is 4.16. The van der Waals surface area contributed by atoms with E-state index in [4.69, 9.17) is 9.84 Å². The van der Waals surface area contributed by atoms with Gasteiger partial charge < -0.3 is 20.5 Å². The molecule has 0 radical (unpaired) electrons. The Hall–Kier alpha value is -3.72. The van der Waals surface area contributed by atoms with Crippen LogP contribution in [-0.2, 0) is 16.1 Å². The van der Waals surface area contributed by atoms with Gasteiger partial charge in [-0.3, -0.25) is 9.59 Å². The van der Waals surface area contributed by atoms with Crippen LogP contribution in [0.5, 0.6) is 0 Å². The molecule has 0 bridgehead atoms. The molecule has 2 unspecified atom stereocenters. The summed E-state index contributed by atoms with van der Waals surface area (Å²) in [4.78, 5) is 40.2. The van der Waals surface area contributed by atoms with Gasteiger partial charge in [0, 0.05) is 17.3 Å². The van der Waals surface area contributed by atoms with Crippen molar-refractivity contribution in [2.75, 3.05) is 6.61 Å². The third-order valence-corrected chi connectivity index (χ3v) is 7.48. The van der Waals surface area contributed by atoms with Crippen LogP contribution in [0.4, 0.5) is 4.79 Å². The van der Waals surface area contributed by atoms with E-state index in [1.807, 2.05) is 24.3 Å². The van der Waals surface area contributed by atoms with Gasteiger partial charge in [0.25, 0.3) is 5.91 Å². The van der Waals surface area contributed by atoms with Gasteiger partial charge in [0.15, 0.2) is 0 Å². The zero-order chi connectivity index (χ0) is 24.4. The lowest BCUT2D eigenvalue weighted by Crippen LogP contribution is -2.33. The van der Waals surface area contributed by atoms with Crippen LogP contribution in [0.25, 0.3) is 11.1 Å². The molecular formula is C26H25N3O5S. The van der Waals surface area contributed by atoms with Gasteiger partial charge >= 0.3 is 12.1 Å². The molecule has 180 valence electrons. The van der Waals surface area contributed by atoms with E-state index in [-0.39, 0.29) is 36.7 Å². The molecule has 1 heterocycles. The smallest absolute Gasteiger partial charge is 0.407 e. The number of carbonyl (C=O) groups excluding carboxylic acids is 2. The predicted molar refractivity (Wildman–Crippen MR) is 130 cm³/mol. The second-order valence-corrected chi connectivity index (χ2v) is 9.77. The summed E-state index contributed by atoms with van der Waals surface area (Å²) < 4.78 is 5.53. The molecule has 35 heavy (non-hydrogen) atoms. The molecule has 9 heteroatoms. The fourth-order valence-corrected chi connectivity index (χ4v) is 5.60. The van der Waals surface area contributed by atoms with Crippen LogP contribution in [0.15, 0.2) is 53.9 Å². The van der Waals surface area contributed by atoms with Crippen molar-refractivity contribution in [2.24, 2.45) is 5.92 Å². The number of nitrogens with one attached hydrogen (secondary N) is 2. The molecule has 2 aliphatic carbocycles. The monoisotopic (exact) mass is 491 g/mol. The zero-order valence-electron chi connectivity index (χ0n) is 18.9. The van der Waals surface area contributed by atoms with Crippen molar-refractivity contribution in [3.63, 3.8) is 0 Å². The topological polar surface area (TPSA) is 118 Å². The van der Waals surface area contributed by atoms with Crippen LogP contribution >= 0.6 is 11.3 Å². The number of aliphatic carboxylic acids is 1. The number of aromatic nitrogens is 1. The molecule has 2 aliphatic rings. The molecular weight excluding hydrogens is 466 g/mol. The molecule has 1 saturated carbocycles. The number of hydrogen-bond acceptors (Lipinski definition) is 6. The minimum Gasteiger partial charge on any atom is -0.481 e. The minimum absolute atomic E-state index is 0.0142. The lowest BCUT2D eigenvalue weighted by molar-refractivity contribution is -0.141. The fourth-order valence-electron chi connectivity index (χ4n) is 4.89. The molecule has 0 saturated heterocycles. The Morgan fingerprint density at radius 1 is 1.03 bits per heavy atom. The molecule has 1 aromatic heterocycles. The number of thiazole rings is 1. The van der Waals surface area contributed by atoms with E-state index in [0.29, 0.717) is 24.3 Å². The Morgan fingerprint density at radius 3 is 2.37 bits per heavy atom. The van der Waals surface area contributed by atoms with Crippen LogP contribution in [0.2, 0.25) is 0 Å². The molecule has 1 fully saturated rings. The normalized spacial score (nSPS) is 18.5. The summed E-state index contributed by atoms with van der Waals surface area (Å²) in [6.07, 6.45) is 1.09. The number of nitrogens with zero attached hydrogens (tertiary/aromatic N) is 1. The summed E-state index contributed by atoms with van der Waals surface area (Å²) in [6.45, 7) is 0.378. The van der Waals surface area contributed by atoms with E-state index in [2.05, 4.69) is 39.9 Å². The Labute approximate surface area is 206 Å². The maximum absolute atomic E-state index is 12.5. The largest absolute Gasteiger partial charge is 0.481 e. The van der Waals surface area contributed by atoms with Crippen molar-refractivity contribution < 1.29 is 24.2 Å². The summed E-state index contributed by atoms with van der Waals surface area (Å²) in [5.41, 5.74) is 4.89. The third kappa shape index (κ3) is 4.90. The molecule has 3 aromatic rings. The van der Waals surface area contributed by atoms with Gasteiger partial charge in [0.05, 0.1) is 12.5 Å². The first-order valence-electron chi connectivity index (χ1n) is 11.6. The summed E-state index contributed by atoms with van der Waals surface area (Å²) in [7, 11) is 0. The maximum Gasteiger partial charge on any atom is 0.407 e. The van der Waals surface area contributed by atoms with Crippen LogP contribution in [-0.4, -0.2) is 40.7 Å². The Bertz CT molecular complexity index is 1230. The average Bonchev–Trinajstić information content (AvgIpc) is 3.59. The summed E-state index contributed by atoms with van der Waals surface area (Å²) in [5, 5.41) is 16.9. The Balaban J connectivity index is 1.12. The molecule has 3 N–H and O–H groups in total. The van der Waals surface area contributed by atoms with E-state index < -0.39 is 18.0 Å². The van der Waals surface area contributed by atoms with E-state index in [9.17, 15) is 14.4 Å². The van der Waals surface area contributed by atoms with Gasteiger partial charge in [0.1, 0.15) is 17.3 Å². The first kappa shape index (κ1) is 23.0. The lowest BCUT2D eigenvalue weighted by Gasteiger charge is -2.14. The van der Waals surface area contributed by atoms with Crippen molar-refractivity contribution in [1.29, 1.82) is 0 Å². The average molecular weight is 492 g/mol. The number of ether oxygens (including phenoxy) is 1. The van der Waals surface area contributed by atoms with Crippen LogP contribution in [0.1, 0.15) is 51.8 Å². The molecule has 5 rings (SSSR count). The standard InChI is InChI=1S/C26H25N3O5S/c30-24(28-16-10-9-15(11-16)25(31)32)22-14-35-23(29-22)12-27-26(33)34-13-21-19-7-3-1-5-17(19)18-6-2-4-8-20(18)21/h1-8,14-16,21H,9-13H2,(H,27,33)(H,28,30)(H,31,32). The highest BCUT2D eigenvalue weighted by atomic mass is 32.1. The Morgan fingerprint density at radius 2 is 1.71 bits per heavy atom. The van der Waals surface area contributed by atoms with Crippen molar-refractivity contribution in [2.45, 2.75) is 37.8 Å². The van der Waals surface area contributed by atoms with Gasteiger partial charge in [-0.1, -0.05) is 48.5 Å². The van der Waals surface area contributed by atoms with Crippen molar-refractivity contribution in [3.8, 4) is 11.1 Å². The molecule has 0 spiro atoms. The second-order valence-electron chi connectivity index (χ2n) is 8.82. The van der Waals surface area contributed by atoms with Gasteiger partial charge in [-0.2, -0.15) is 0 Å². The second kappa shape index (κ2) is 9.87. The van der Waals surface area contributed by atoms with E-state index in [1.165, 1.54) is 22.5 Å². The number of amides is 2. The quantitative estimate of drug-likeness (QED) is 0.457. The van der Waals surface area contributed by atoms with E-state index >= 15 is 0 Å². The number of carboxylic acids is 1. The van der Waals surface area contributed by atoms with E-state index in [0.717, 1.165) is 11.1 Å². The summed E-state index contributed by atoms with van der Waals surface area (Å²) in [6, 6.07) is 16.1. The van der Waals surface area contributed by atoms with Crippen molar-refractivity contribution >= 4 is 29.3 Å². The van der Waals surface area contributed by atoms with Crippen molar-refractivity contribution in [1.82, 2.24) is 15.6 Å². The zero-order valence-corrected chi connectivity index (χ0v) is 19.7. The van der Waals surface area contributed by atoms with Gasteiger partial charge in [-0.25, -0.2) is 9.78 Å². The molecule has 0 aliphatic heterocycles. The van der Waals surface area contributed by atoms with Gasteiger partial charge in [-0.05, 0) is 41.5 Å². The van der Waals surface area contributed by atoms with Crippen LogP contribution in [0, 0.1) is 5.92 Å². The number of hydrogen-bond donors (Lipinski definition) is 3. The van der Waals surface area contributed by atoms with Crippen molar-refractivity contribution in [3.05, 3.63) is 75.7 Å². The lowest BCUT2D eigenvalue weighted by atomic mass is 9.98. The van der Waals surface area contributed by atoms with Gasteiger partial charge in [-0.15, -0.1) is 11.3 Å². The first-order valence-corrected chi connectivity index (χ1v) is 12.4. The molecule has 2 aromatic carbocycles. The Kier molecular flexibility index (Phi) is 6.50. The number of carbonyl (C=O) groups is 3. The van der Waals surface area contributed by atoms with Crippen LogP contribution < -0.4 is 10.6 Å². The number of carboxylic acid groups (broad SMARTS) is 1. The highest BCUT2D eigenvalue weighted by Gasteiger charge is 2.31. The highest BCUT2D eigenvalue weighted by Crippen LogP contribution is 2.44. The first-order chi connectivity index (χ1) is 17.0. The van der Waals surface area contributed by atoms with Crippen LogP contribution in [0.3, 0.4) is 0 Å². The number of benzene rings is 2. The fraction of sp³-hybridized carbons (Fsp3) is 0.308. The van der Waals surface area contributed by atoms with Gasteiger partial charge in [0.2, 0.25) is 0 Å². The summed E-state index contributed by atoms with van der Waals surface area (Å²) >= 11 is 1.27. The number of fused-ring (bicyclic) bond motifs is 3. The number of rotatable bonds is 7. The molecule has 8 nitrogen and oxygen atoms in total.